The van der Waals surface area contributed by atoms with Crippen molar-refractivity contribution in [2.75, 3.05) is 20.1 Å². The summed E-state index contributed by atoms with van der Waals surface area (Å²) in [6.07, 6.45) is 8.99. The largest absolute Gasteiger partial charge is 0.381 e. The molecule has 2 N–H and O–H groups in total. The van der Waals surface area contributed by atoms with Crippen LogP contribution in [-0.4, -0.2) is 51.1 Å². The molecule has 1 saturated carbocycles. The molecule has 0 radical (unpaired) electrons. The lowest BCUT2D eigenvalue weighted by molar-refractivity contribution is -0.0147. The summed E-state index contributed by atoms with van der Waals surface area (Å²) in [5.41, 5.74) is 5.71. The van der Waals surface area contributed by atoms with Crippen LogP contribution >= 0.6 is 0 Å². The quantitative estimate of drug-likeness (QED) is 0.733. The molecular weight excluding hydrogens is 348 g/mol. The van der Waals surface area contributed by atoms with Gasteiger partial charge < -0.3 is 10.2 Å². The Morgan fingerprint density at radius 3 is 2.68 bits per heavy atom. The fourth-order valence-corrected chi connectivity index (χ4v) is 5.10. The molecule has 3 heterocycles. The fraction of sp³-hybridized carbons (Fsp3) is 0.455. The molecule has 1 aromatic carbocycles. The van der Waals surface area contributed by atoms with Gasteiger partial charge in [0.1, 0.15) is 5.69 Å². The van der Waals surface area contributed by atoms with Gasteiger partial charge in [-0.3, -0.25) is 9.78 Å². The first-order valence-corrected chi connectivity index (χ1v) is 10.1. The van der Waals surface area contributed by atoms with Crippen LogP contribution < -0.4 is 5.32 Å². The molecule has 0 amide bonds. The summed E-state index contributed by atoms with van der Waals surface area (Å²) in [6.45, 7) is 6.84. The van der Waals surface area contributed by atoms with Crippen molar-refractivity contribution in [2.24, 2.45) is 12.5 Å². The number of likely N-dealkylation sites (tertiary alicyclic amines) is 1. The molecule has 1 spiro atoms. The molecule has 0 unspecified atom stereocenters. The lowest BCUT2D eigenvalue weighted by atomic mass is 9.67. The van der Waals surface area contributed by atoms with Crippen molar-refractivity contribution in [1.82, 2.24) is 30.2 Å². The highest BCUT2D eigenvalue weighted by Crippen LogP contribution is 2.43. The first-order chi connectivity index (χ1) is 13.5. The number of H-pyrrole nitrogens is 1. The number of fused-ring (bicyclic) bond motifs is 1. The summed E-state index contributed by atoms with van der Waals surface area (Å²) in [7, 11) is 4.16. The molecule has 146 valence electrons. The van der Waals surface area contributed by atoms with E-state index in [-0.39, 0.29) is 0 Å². The Morgan fingerprint density at radius 1 is 1.21 bits per heavy atom. The number of rotatable bonds is 4. The maximum Gasteiger partial charge on any atom is 0.115 e. The standard InChI is InChI=1S/C22H28N6/c1-15(24-18-6-8-22(9-7-18)13-27(2)14-22)21-19-10-16(4-5-20(19)25-26-21)17-11-23-28(3)12-17/h4-5,10-12,18,24H,1,6-9,13-14H2,2-3H3,(H,25,26). The predicted octanol–water partition coefficient (Wildman–Crippen LogP) is 3.40. The number of aromatic nitrogens is 4. The average Bonchev–Trinajstić information content (AvgIpc) is 3.28. The summed E-state index contributed by atoms with van der Waals surface area (Å²) in [5, 5.41) is 16.8. The lowest BCUT2D eigenvalue weighted by Gasteiger charge is -2.52. The molecule has 28 heavy (non-hydrogen) atoms. The third-order valence-corrected chi connectivity index (χ3v) is 6.52. The van der Waals surface area contributed by atoms with Crippen LogP contribution in [0.4, 0.5) is 0 Å². The fourth-order valence-electron chi connectivity index (χ4n) is 5.10. The second-order valence-corrected chi connectivity index (χ2v) is 8.80. The molecule has 6 heteroatoms. The Bertz CT molecular complexity index is 1010. The summed E-state index contributed by atoms with van der Waals surface area (Å²) in [6, 6.07) is 6.86. The van der Waals surface area contributed by atoms with Gasteiger partial charge in [0.05, 0.1) is 17.4 Å². The van der Waals surface area contributed by atoms with E-state index in [1.165, 1.54) is 38.8 Å². The van der Waals surface area contributed by atoms with Crippen LogP contribution in [0.5, 0.6) is 0 Å². The van der Waals surface area contributed by atoms with Crippen LogP contribution in [-0.2, 0) is 7.05 Å². The first kappa shape index (κ1) is 17.5. The van der Waals surface area contributed by atoms with Crippen molar-refractivity contribution in [1.29, 1.82) is 0 Å². The smallest absolute Gasteiger partial charge is 0.115 e. The highest BCUT2D eigenvalue weighted by atomic mass is 15.2. The Hall–Kier alpha value is -2.60. The molecule has 2 fully saturated rings. The van der Waals surface area contributed by atoms with Crippen LogP contribution in [0.25, 0.3) is 27.7 Å². The minimum atomic E-state index is 0.497. The predicted molar refractivity (Wildman–Crippen MR) is 113 cm³/mol. The van der Waals surface area contributed by atoms with E-state index in [1.54, 1.807) is 0 Å². The van der Waals surface area contributed by atoms with E-state index < -0.39 is 0 Å². The maximum atomic E-state index is 4.55. The van der Waals surface area contributed by atoms with Gasteiger partial charge in [-0.25, -0.2) is 0 Å². The van der Waals surface area contributed by atoms with E-state index in [2.05, 4.69) is 57.3 Å². The van der Waals surface area contributed by atoms with Crippen LogP contribution in [0.1, 0.15) is 31.4 Å². The van der Waals surface area contributed by atoms with Crippen molar-refractivity contribution in [3.05, 3.63) is 42.9 Å². The van der Waals surface area contributed by atoms with Gasteiger partial charge in [-0.2, -0.15) is 10.2 Å². The Labute approximate surface area is 165 Å². The molecule has 6 nitrogen and oxygen atoms in total. The van der Waals surface area contributed by atoms with Crippen LogP contribution in [0.3, 0.4) is 0 Å². The molecule has 1 aliphatic carbocycles. The SMILES string of the molecule is C=C(NC1CCC2(CC1)CN(C)C2)c1n[nH]c2ccc(-c3cnn(C)c3)cc12. The van der Waals surface area contributed by atoms with Crippen LogP contribution in [0.15, 0.2) is 37.2 Å². The second-order valence-electron chi connectivity index (χ2n) is 8.80. The van der Waals surface area contributed by atoms with Gasteiger partial charge in [0, 0.05) is 43.3 Å². The Kier molecular flexibility index (Phi) is 4.05. The molecule has 5 rings (SSSR count). The third-order valence-electron chi connectivity index (χ3n) is 6.52. The van der Waals surface area contributed by atoms with Gasteiger partial charge >= 0.3 is 0 Å². The minimum absolute atomic E-state index is 0.497. The minimum Gasteiger partial charge on any atom is -0.381 e. The number of benzene rings is 1. The van der Waals surface area contributed by atoms with Crippen molar-refractivity contribution in [3.8, 4) is 11.1 Å². The van der Waals surface area contributed by atoms with Gasteiger partial charge in [0.15, 0.2) is 0 Å². The molecule has 2 aliphatic rings. The molecule has 2 aromatic heterocycles. The van der Waals surface area contributed by atoms with Gasteiger partial charge in [-0.1, -0.05) is 12.6 Å². The van der Waals surface area contributed by atoms with E-state index >= 15 is 0 Å². The molecule has 1 saturated heterocycles. The zero-order valence-electron chi connectivity index (χ0n) is 16.7. The third kappa shape index (κ3) is 3.02. The normalized spacial score (nSPS) is 19.8. The van der Waals surface area contributed by atoms with E-state index in [4.69, 9.17) is 0 Å². The van der Waals surface area contributed by atoms with Crippen molar-refractivity contribution in [3.63, 3.8) is 0 Å². The average molecular weight is 377 g/mol. The number of nitrogens with zero attached hydrogens (tertiary/aromatic N) is 4. The Morgan fingerprint density at radius 2 is 2.00 bits per heavy atom. The molecular formula is C22H28N6. The van der Waals surface area contributed by atoms with E-state index in [0.29, 0.717) is 11.5 Å². The molecule has 0 atom stereocenters. The van der Waals surface area contributed by atoms with E-state index in [1.807, 2.05) is 24.1 Å². The summed E-state index contributed by atoms with van der Waals surface area (Å²) >= 11 is 0. The van der Waals surface area contributed by atoms with Gasteiger partial charge in [0.25, 0.3) is 0 Å². The van der Waals surface area contributed by atoms with Crippen molar-refractivity contribution in [2.45, 2.75) is 31.7 Å². The first-order valence-electron chi connectivity index (χ1n) is 10.1. The van der Waals surface area contributed by atoms with Gasteiger partial charge in [0.2, 0.25) is 0 Å². The van der Waals surface area contributed by atoms with Crippen LogP contribution in [0.2, 0.25) is 0 Å². The highest BCUT2D eigenvalue weighted by Gasteiger charge is 2.43. The van der Waals surface area contributed by atoms with Crippen molar-refractivity contribution >= 4 is 16.6 Å². The molecule has 1 aliphatic heterocycles. The molecule has 3 aromatic rings. The number of nitrogens with one attached hydrogen (secondary N) is 2. The van der Waals surface area contributed by atoms with E-state index in [0.717, 1.165) is 33.4 Å². The van der Waals surface area contributed by atoms with Crippen molar-refractivity contribution < 1.29 is 0 Å². The zero-order chi connectivity index (χ0) is 19.3. The summed E-state index contributed by atoms with van der Waals surface area (Å²) < 4.78 is 1.83. The topological polar surface area (TPSA) is 61.8 Å². The lowest BCUT2D eigenvalue weighted by Crippen LogP contribution is -2.56. The number of hydrogen-bond acceptors (Lipinski definition) is 4. The van der Waals surface area contributed by atoms with E-state index in [9.17, 15) is 0 Å². The Balaban J connectivity index is 1.32. The summed E-state index contributed by atoms with van der Waals surface area (Å²) in [5.74, 6) is 0. The number of hydrogen-bond donors (Lipinski definition) is 2. The monoisotopic (exact) mass is 376 g/mol. The highest BCUT2D eigenvalue weighted by molar-refractivity contribution is 5.92. The number of aromatic amines is 1. The second kappa shape index (κ2) is 6.48. The van der Waals surface area contributed by atoms with Gasteiger partial charge in [-0.15, -0.1) is 0 Å². The van der Waals surface area contributed by atoms with Gasteiger partial charge in [-0.05, 0) is 55.8 Å². The maximum absolute atomic E-state index is 4.55. The number of aryl methyl sites for hydroxylation is 1. The summed E-state index contributed by atoms with van der Waals surface area (Å²) in [4.78, 5) is 2.43. The molecule has 0 bridgehead atoms. The zero-order valence-corrected chi connectivity index (χ0v) is 16.7. The van der Waals surface area contributed by atoms with Crippen LogP contribution in [0, 0.1) is 5.41 Å².